The maximum absolute atomic E-state index is 11.3. The van der Waals surface area contributed by atoms with Crippen molar-refractivity contribution in [3.8, 4) is 5.75 Å². The van der Waals surface area contributed by atoms with E-state index in [4.69, 9.17) is 27.9 Å². The van der Waals surface area contributed by atoms with Crippen molar-refractivity contribution in [2.24, 2.45) is 0 Å². The fraction of sp³-hybridized carbons (Fsp3) is 0.222. The molecule has 0 atom stereocenters. The van der Waals surface area contributed by atoms with Crippen LogP contribution in [0, 0.1) is 0 Å². The second-order valence-electron chi connectivity index (χ2n) is 3.00. The van der Waals surface area contributed by atoms with Crippen molar-refractivity contribution >= 4 is 50.7 Å². The third kappa shape index (κ3) is 2.07. The molecular weight excluding hydrogens is 305 g/mol. The van der Waals surface area contributed by atoms with E-state index < -0.39 is 0 Å². The molecule has 3 nitrogen and oxygen atoms in total. The van der Waals surface area contributed by atoms with Gasteiger partial charge in [-0.05, 0) is 22.0 Å². The van der Waals surface area contributed by atoms with E-state index in [0.29, 0.717) is 39.0 Å². The van der Waals surface area contributed by atoms with Gasteiger partial charge < -0.3 is 10.1 Å². The van der Waals surface area contributed by atoms with Crippen molar-refractivity contribution in [2.45, 2.75) is 6.42 Å². The first kappa shape index (κ1) is 11.0. The quantitative estimate of drug-likeness (QED) is 0.745. The van der Waals surface area contributed by atoms with Gasteiger partial charge in [0, 0.05) is 4.47 Å². The lowest BCUT2D eigenvalue weighted by atomic mass is 10.3. The highest BCUT2D eigenvalue weighted by molar-refractivity contribution is 9.10. The van der Waals surface area contributed by atoms with Crippen LogP contribution in [0.3, 0.4) is 0 Å². The molecule has 0 aromatic heterocycles. The second kappa shape index (κ2) is 4.20. The van der Waals surface area contributed by atoms with Crippen LogP contribution in [0.25, 0.3) is 0 Å². The molecule has 2 rings (SSSR count). The molecule has 0 spiro atoms. The van der Waals surface area contributed by atoms with Crippen molar-refractivity contribution < 1.29 is 9.53 Å². The minimum absolute atomic E-state index is 0.131. The normalized spacial score (nSPS) is 15.0. The molecule has 1 aromatic carbocycles. The SMILES string of the molecule is O=C1CCOc2c(Cl)c(Br)cc(Cl)c2N1. The van der Waals surface area contributed by atoms with E-state index in [0.717, 1.165) is 0 Å². The molecule has 1 heterocycles. The summed E-state index contributed by atoms with van der Waals surface area (Å²) in [6, 6.07) is 1.62. The van der Waals surface area contributed by atoms with Crippen LogP contribution in [-0.4, -0.2) is 12.5 Å². The van der Waals surface area contributed by atoms with E-state index in [2.05, 4.69) is 21.2 Å². The lowest BCUT2D eigenvalue weighted by molar-refractivity contribution is -0.116. The Bertz CT molecular complexity index is 437. The summed E-state index contributed by atoms with van der Waals surface area (Å²) < 4.78 is 6.02. The molecule has 0 aliphatic carbocycles. The first-order valence-electron chi connectivity index (χ1n) is 4.19. The van der Waals surface area contributed by atoms with Crippen molar-refractivity contribution in [3.63, 3.8) is 0 Å². The number of halogens is 3. The number of amides is 1. The predicted octanol–water partition coefficient (Wildman–Crippen LogP) is 3.48. The Hall–Kier alpha value is -0.450. The van der Waals surface area contributed by atoms with Crippen LogP contribution >= 0.6 is 39.1 Å². The number of nitrogens with one attached hydrogen (secondary N) is 1. The Morgan fingerprint density at radius 2 is 2.20 bits per heavy atom. The number of hydrogen-bond acceptors (Lipinski definition) is 2. The van der Waals surface area contributed by atoms with Crippen LogP contribution in [0.2, 0.25) is 10.0 Å². The lowest BCUT2D eigenvalue weighted by Gasteiger charge is -2.11. The van der Waals surface area contributed by atoms with E-state index in [9.17, 15) is 4.79 Å². The molecule has 0 fully saturated rings. The Balaban J connectivity index is 2.60. The number of ether oxygens (including phenoxy) is 1. The average Bonchev–Trinajstić information content (AvgIpc) is 2.37. The number of hydrogen-bond donors (Lipinski definition) is 1. The van der Waals surface area contributed by atoms with Gasteiger partial charge in [-0.25, -0.2) is 0 Å². The van der Waals surface area contributed by atoms with Gasteiger partial charge in [0.25, 0.3) is 0 Å². The maximum atomic E-state index is 11.3. The van der Waals surface area contributed by atoms with Gasteiger partial charge in [0.05, 0.1) is 23.1 Å². The molecule has 6 heteroatoms. The van der Waals surface area contributed by atoms with Crippen LogP contribution in [0.1, 0.15) is 6.42 Å². The number of fused-ring (bicyclic) bond motifs is 1. The molecule has 1 aromatic rings. The largest absolute Gasteiger partial charge is 0.489 e. The van der Waals surface area contributed by atoms with Crippen molar-refractivity contribution in [1.29, 1.82) is 0 Å². The van der Waals surface area contributed by atoms with Gasteiger partial charge in [0.1, 0.15) is 5.69 Å². The Morgan fingerprint density at radius 1 is 1.47 bits per heavy atom. The molecule has 0 saturated heterocycles. The van der Waals surface area contributed by atoms with Gasteiger partial charge in [-0.3, -0.25) is 4.79 Å². The lowest BCUT2D eigenvalue weighted by Crippen LogP contribution is -2.10. The number of benzene rings is 1. The molecule has 80 valence electrons. The second-order valence-corrected chi connectivity index (χ2v) is 4.64. The summed E-state index contributed by atoms with van der Waals surface area (Å²) in [6.45, 7) is 0.297. The summed E-state index contributed by atoms with van der Waals surface area (Å²) in [6.07, 6.45) is 0.291. The molecule has 0 unspecified atom stereocenters. The van der Waals surface area contributed by atoms with Gasteiger partial charge in [-0.15, -0.1) is 0 Å². The van der Waals surface area contributed by atoms with Crippen molar-refractivity contribution in [1.82, 2.24) is 0 Å². The summed E-state index contributed by atoms with van der Waals surface area (Å²) >= 11 is 15.3. The van der Waals surface area contributed by atoms with Gasteiger partial charge in [0.15, 0.2) is 5.75 Å². The first-order valence-corrected chi connectivity index (χ1v) is 5.74. The zero-order chi connectivity index (χ0) is 11.0. The van der Waals surface area contributed by atoms with Crippen molar-refractivity contribution in [2.75, 3.05) is 11.9 Å². The molecule has 1 aliphatic heterocycles. The summed E-state index contributed by atoms with van der Waals surface area (Å²) in [5.41, 5.74) is 0.437. The smallest absolute Gasteiger partial charge is 0.227 e. The molecule has 0 saturated carbocycles. The molecule has 0 radical (unpaired) electrons. The van der Waals surface area contributed by atoms with Crippen LogP contribution in [0.15, 0.2) is 10.5 Å². The first-order chi connectivity index (χ1) is 7.09. The van der Waals surface area contributed by atoms with Crippen molar-refractivity contribution in [3.05, 3.63) is 20.6 Å². The highest BCUT2D eigenvalue weighted by Gasteiger charge is 2.21. The average molecular weight is 311 g/mol. The summed E-state index contributed by atoms with van der Waals surface area (Å²) in [7, 11) is 0. The highest BCUT2D eigenvalue weighted by atomic mass is 79.9. The third-order valence-electron chi connectivity index (χ3n) is 1.97. The summed E-state index contributed by atoms with van der Waals surface area (Å²) in [4.78, 5) is 11.3. The third-order valence-corrected chi connectivity index (χ3v) is 3.50. The van der Waals surface area contributed by atoms with Crippen LogP contribution < -0.4 is 10.1 Å². The minimum Gasteiger partial charge on any atom is -0.489 e. The Labute approximate surface area is 105 Å². The predicted molar refractivity (Wildman–Crippen MR) is 62.9 cm³/mol. The molecule has 0 bridgehead atoms. The van der Waals surface area contributed by atoms with Gasteiger partial charge in [0.2, 0.25) is 5.91 Å². The topological polar surface area (TPSA) is 38.3 Å². The summed E-state index contributed by atoms with van der Waals surface area (Å²) in [5, 5.41) is 3.47. The maximum Gasteiger partial charge on any atom is 0.227 e. The van der Waals surface area contributed by atoms with E-state index in [1.807, 2.05) is 0 Å². The van der Waals surface area contributed by atoms with Gasteiger partial charge in [-0.2, -0.15) is 0 Å². The van der Waals surface area contributed by atoms with Crippen LogP contribution in [0.5, 0.6) is 5.75 Å². The molecule has 1 aliphatic rings. The number of carbonyl (C=O) groups is 1. The fourth-order valence-corrected chi connectivity index (χ4v) is 2.26. The number of carbonyl (C=O) groups excluding carboxylic acids is 1. The number of rotatable bonds is 0. The summed E-state index contributed by atoms with van der Waals surface area (Å²) in [5.74, 6) is 0.288. The number of anilines is 1. The zero-order valence-electron chi connectivity index (χ0n) is 7.44. The van der Waals surface area contributed by atoms with E-state index >= 15 is 0 Å². The monoisotopic (exact) mass is 309 g/mol. The molecule has 15 heavy (non-hydrogen) atoms. The van der Waals surface area contributed by atoms with Crippen LogP contribution in [0.4, 0.5) is 5.69 Å². The molecular formula is C9H6BrCl2NO2. The standard InChI is InChI=1S/C9H6BrCl2NO2/c10-4-3-5(11)8-9(7(4)12)15-2-1-6(14)13-8/h3H,1-2H2,(H,13,14). The van der Waals surface area contributed by atoms with Gasteiger partial charge >= 0.3 is 0 Å². The Morgan fingerprint density at radius 3 is 2.93 bits per heavy atom. The van der Waals surface area contributed by atoms with E-state index in [-0.39, 0.29) is 5.91 Å². The molecule has 1 amide bonds. The zero-order valence-corrected chi connectivity index (χ0v) is 10.5. The fourth-order valence-electron chi connectivity index (χ4n) is 1.27. The van der Waals surface area contributed by atoms with Gasteiger partial charge in [-0.1, -0.05) is 23.2 Å². The molecule has 1 N–H and O–H groups in total. The highest BCUT2D eigenvalue weighted by Crippen LogP contribution is 2.44. The van der Waals surface area contributed by atoms with E-state index in [1.165, 1.54) is 0 Å². The van der Waals surface area contributed by atoms with Crippen LogP contribution in [-0.2, 0) is 4.79 Å². The van der Waals surface area contributed by atoms with E-state index in [1.54, 1.807) is 6.07 Å². The Kier molecular flexibility index (Phi) is 3.09. The minimum atomic E-state index is -0.131.